The fraction of sp³-hybridized carbons (Fsp3) is 0.250. The maximum atomic E-state index is 13.8. The number of aromatic nitrogens is 2. The highest BCUT2D eigenvalue weighted by molar-refractivity contribution is 5.95. The summed E-state index contributed by atoms with van der Waals surface area (Å²) in [5.41, 5.74) is 4.78. The molecule has 2 aromatic heterocycles. The fourth-order valence-electron chi connectivity index (χ4n) is 3.49. The van der Waals surface area contributed by atoms with Crippen LogP contribution < -0.4 is 10.1 Å². The molecule has 0 spiro atoms. The van der Waals surface area contributed by atoms with Crippen LogP contribution in [0.15, 0.2) is 48.3 Å². The van der Waals surface area contributed by atoms with E-state index in [2.05, 4.69) is 34.4 Å². The molecule has 2 N–H and O–H groups in total. The van der Waals surface area contributed by atoms with Crippen LogP contribution in [0.5, 0.6) is 5.75 Å². The van der Waals surface area contributed by atoms with E-state index in [1.54, 1.807) is 19.4 Å². The second kappa shape index (κ2) is 6.24. The van der Waals surface area contributed by atoms with Gasteiger partial charge in [-0.3, -0.25) is 0 Å². The molecule has 25 heavy (non-hydrogen) atoms. The van der Waals surface area contributed by atoms with Crippen LogP contribution in [0.2, 0.25) is 0 Å². The van der Waals surface area contributed by atoms with Crippen LogP contribution in [0.25, 0.3) is 22.2 Å². The second-order valence-corrected chi connectivity index (χ2v) is 6.36. The number of nitrogens with zero attached hydrogens (tertiary/aromatic N) is 1. The predicted molar refractivity (Wildman–Crippen MR) is 97.2 cm³/mol. The van der Waals surface area contributed by atoms with E-state index in [0.717, 1.165) is 40.8 Å². The van der Waals surface area contributed by atoms with Gasteiger partial charge >= 0.3 is 0 Å². The summed E-state index contributed by atoms with van der Waals surface area (Å²) in [7, 11) is 1.60. The monoisotopic (exact) mass is 337 g/mol. The first kappa shape index (κ1) is 15.7. The molecule has 1 unspecified atom stereocenters. The number of hydrogen-bond donors (Lipinski definition) is 2. The number of halogens is 1. The molecule has 0 bridgehead atoms. The Kier molecular flexibility index (Phi) is 3.92. The van der Waals surface area contributed by atoms with Crippen molar-refractivity contribution in [2.45, 2.75) is 19.3 Å². The van der Waals surface area contributed by atoms with Gasteiger partial charge in [0.1, 0.15) is 17.2 Å². The lowest BCUT2D eigenvalue weighted by Crippen LogP contribution is -2.21. The molecule has 4 nitrogen and oxygen atoms in total. The summed E-state index contributed by atoms with van der Waals surface area (Å²) in [6.45, 7) is 3.04. The minimum absolute atomic E-state index is 0.284. The molecule has 1 atom stereocenters. The Morgan fingerprint density at radius 3 is 2.88 bits per heavy atom. The average molecular weight is 337 g/mol. The molecule has 0 saturated carbocycles. The number of hydrogen-bond acceptors (Lipinski definition) is 3. The lowest BCUT2D eigenvalue weighted by molar-refractivity contribution is 0.415. The van der Waals surface area contributed by atoms with Gasteiger partial charge in [0.05, 0.1) is 7.11 Å². The minimum Gasteiger partial charge on any atom is -0.496 e. The van der Waals surface area contributed by atoms with E-state index in [0.29, 0.717) is 11.7 Å². The molecule has 128 valence electrons. The molecule has 1 aliphatic rings. The SMILES string of the molecule is COc1ccc(F)cc1-c1ccnc2[nH]c(C3C=C(C)NCC3)cc12. The number of nitrogens with one attached hydrogen (secondary N) is 2. The number of methoxy groups -OCH3 is 1. The van der Waals surface area contributed by atoms with Gasteiger partial charge in [-0.05, 0) is 49.2 Å². The van der Waals surface area contributed by atoms with Crippen LogP contribution in [0.1, 0.15) is 25.0 Å². The Bertz CT molecular complexity index is 961. The van der Waals surface area contributed by atoms with E-state index >= 15 is 0 Å². The van der Waals surface area contributed by atoms with Crippen LogP contribution in [0.3, 0.4) is 0 Å². The number of H-pyrrole nitrogens is 1. The molecule has 1 aliphatic heterocycles. The van der Waals surface area contributed by atoms with Crippen molar-refractivity contribution >= 4 is 11.0 Å². The summed E-state index contributed by atoms with van der Waals surface area (Å²) in [6, 6.07) is 8.60. The van der Waals surface area contributed by atoms with Crippen LogP contribution in [-0.4, -0.2) is 23.6 Å². The Hall–Kier alpha value is -2.82. The molecule has 0 radical (unpaired) electrons. The van der Waals surface area contributed by atoms with Crippen LogP contribution in [0, 0.1) is 5.82 Å². The first-order valence-electron chi connectivity index (χ1n) is 8.39. The smallest absolute Gasteiger partial charge is 0.138 e. The van der Waals surface area contributed by atoms with E-state index in [4.69, 9.17) is 4.74 Å². The first-order chi connectivity index (χ1) is 12.2. The van der Waals surface area contributed by atoms with Gasteiger partial charge in [0.2, 0.25) is 0 Å². The molecule has 0 amide bonds. The molecule has 0 fully saturated rings. The lowest BCUT2D eigenvalue weighted by atomic mass is 9.96. The van der Waals surface area contributed by atoms with Gasteiger partial charge in [0, 0.05) is 41.0 Å². The molecule has 3 heterocycles. The molecule has 3 aromatic rings. The van der Waals surface area contributed by atoms with Gasteiger partial charge in [-0.15, -0.1) is 0 Å². The van der Waals surface area contributed by atoms with E-state index in [1.807, 2.05) is 6.07 Å². The number of rotatable bonds is 3. The normalized spacial score (nSPS) is 17.2. The number of ether oxygens (including phenoxy) is 1. The van der Waals surface area contributed by atoms with Crippen molar-refractivity contribution in [3.8, 4) is 16.9 Å². The molecule has 1 aromatic carbocycles. The minimum atomic E-state index is -0.284. The number of pyridine rings is 1. The predicted octanol–water partition coefficient (Wildman–Crippen LogP) is 4.36. The zero-order valence-electron chi connectivity index (χ0n) is 14.3. The molecule has 5 heteroatoms. The number of aromatic amines is 1. The highest BCUT2D eigenvalue weighted by Gasteiger charge is 2.18. The number of fused-ring (bicyclic) bond motifs is 1. The Morgan fingerprint density at radius 2 is 2.08 bits per heavy atom. The summed E-state index contributed by atoms with van der Waals surface area (Å²) >= 11 is 0. The number of allylic oxidation sites excluding steroid dienone is 2. The topological polar surface area (TPSA) is 49.9 Å². The molecule has 0 saturated heterocycles. The average Bonchev–Trinajstić information content (AvgIpc) is 3.06. The largest absolute Gasteiger partial charge is 0.496 e. The summed E-state index contributed by atoms with van der Waals surface area (Å²) < 4.78 is 19.2. The highest BCUT2D eigenvalue weighted by Crippen LogP contribution is 2.36. The summed E-state index contributed by atoms with van der Waals surface area (Å²) in [5.74, 6) is 0.695. The summed E-state index contributed by atoms with van der Waals surface area (Å²) in [5, 5.41) is 4.33. The Labute approximate surface area is 145 Å². The van der Waals surface area contributed by atoms with Crippen LogP contribution in [-0.2, 0) is 0 Å². The van der Waals surface area contributed by atoms with E-state index in [-0.39, 0.29) is 5.82 Å². The molecular weight excluding hydrogens is 317 g/mol. The zero-order valence-corrected chi connectivity index (χ0v) is 14.3. The third kappa shape index (κ3) is 2.86. The summed E-state index contributed by atoms with van der Waals surface area (Å²) in [6.07, 6.45) is 5.01. The van der Waals surface area contributed by atoms with Crippen molar-refractivity contribution < 1.29 is 9.13 Å². The van der Waals surface area contributed by atoms with E-state index in [9.17, 15) is 4.39 Å². The van der Waals surface area contributed by atoms with Crippen molar-refractivity contribution in [2.75, 3.05) is 13.7 Å². The van der Waals surface area contributed by atoms with Gasteiger partial charge in [0.25, 0.3) is 0 Å². The van der Waals surface area contributed by atoms with Gasteiger partial charge in [-0.25, -0.2) is 9.37 Å². The third-order valence-corrected chi connectivity index (χ3v) is 4.71. The molecule has 0 aliphatic carbocycles. The van der Waals surface area contributed by atoms with E-state index in [1.165, 1.54) is 17.8 Å². The third-order valence-electron chi connectivity index (χ3n) is 4.71. The quantitative estimate of drug-likeness (QED) is 0.747. The van der Waals surface area contributed by atoms with Gasteiger partial charge in [-0.1, -0.05) is 6.08 Å². The maximum Gasteiger partial charge on any atom is 0.138 e. The van der Waals surface area contributed by atoms with Gasteiger partial charge < -0.3 is 15.0 Å². The van der Waals surface area contributed by atoms with E-state index < -0.39 is 0 Å². The number of benzene rings is 1. The fourth-order valence-corrected chi connectivity index (χ4v) is 3.49. The summed E-state index contributed by atoms with van der Waals surface area (Å²) in [4.78, 5) is 7.88. The first-order valence-corrected chi connectivity index (χ1v) is 8.39. The van der Waals surface area contributed by atoms with Crippen molar-refractivity contribution in [3.05, 3.63) is 59.8 Å². The molecule has 4 rings (SSSR count). The molecular formula is C20H20FN3O. The van der Waals surface area contributed by atoms with Gasteiger partial charge in [0.15, 0.2) is 0 Å². The zero-order chi connectivity index (χ0) is 17.4. The van der Waals surface area contributed by atoms with Crippen molar-refractivity contribution in [2.24, 2.45) is 0 Å². The van der Waals surface area contributed by atoms with Crippen molar-refractivity contribution in [1.29, 1.82) is 0 Å². The lowest BCUT2D eigenvalue weighted by Gasteiger charge is -2.19. The van der Waals surface area contributed by atoms with Crippen LogP contribution in [0.4, 0.5) is 4.39 Å². The Balaban J connectivity index is 1.86. The van der Waals surface area contributed by atoms with Crippen LogP contribution >= 0.6 is 0 Å². The standard InChI is InChI=1S/C20H20FN3O/c1-12-9-13(5-7-22-12)18-11-17-15(6-8-23-20(17)24-18)16-10-14(21)3-4-19(16)25-2/h3-4,6,8-11,13,22H,5,7H2,1-2H3,(H,23,24). The van der Waals surface area contributed by atoms with Crippen molar-refractivity contribution in [3.63, 3.8) is 0 Å². The highest BCUT2D eigenvalue weighted by atomic mass is 19.1. The maximum absolute atomic E-state index is 13.8. The van der Waals surface area contributed by atoms with Crippen molar-refractivity contribution in [1.82, 2.24) is 15.3 Å². The Morgan fingerprint density at radius 1 is 1.20 bits per heavy atom. The second-order valence-electron chi connectivity index (χ2n) is 6.36. The van der Waals surface area contributed by atoms with Gasteiger partial charge in [-0.2, -0.15) is 0 Å².